The average molecular weight is 374 g/mol. The SMILES string of the molecule is CC(C)C(=O)Nc1ccc(Cl)c(C(=O)N2CC(CN)CC2C)c1.Cl. The largest absolute Gasteiger partial charge is 0.336 e. The number of rotatable bonds is 4. The van der Waals surface area contributed by atoms with E-state index in [1.165, 1.54) is 0 Å². The molecule has 0 spiro atoms. The predicted molar refractivity (Wildman–Crippen MR) is 99.8 cm³/mol. The van der Waals surface area contributed by atoms with E-state index in [-0.39, 0.29) is 36.2 Å². The number of hydrogen-bond acceptors (Lipinski definition) is 3. The number of likely N-dealkylation sites (tertiary alicyclic amines) is 1. The number of nitrogens with one attached hydrogen (secondary N) is 1. The predicted octanol–water partition coefficient (Wildman–Crippen LogP) is 3.17. The van der Waals surface area contributed by atoms with Gasteiger partial charge in [0, 0.05) is 24.2 Å². The summed E-state index contributed by atoms with van der Waals surface area (Å²) in [5, 5.41) is 3.19. The maximum absolute atomic E-state index is 12.8. The van der Waals surface area contributed by atoms with Crippen LogP contribution in [0, 0.1) is 11.8 Å². The van der Waals surface area contributed by atoms with Crippen molar-refractivity contribution in [3.05, 3.63) is 28.8 Å². The van der Waals surface area contributed by atoms with Gasteiger partial charge in [-0.25, -0.2) is 0 Å². The van der Waals surface area contributed by atoms with E-state index in [1.54, 1.807) is 18.2 Å². The smallest absolute Gasteiger partial charge is 0.255 e. The van der Waals surface area contributed by atoms with Crippen LogP contribution in [0.1, 0.15) is 37.6 Å². The van der Waals surface area contributed by atoms with Crippen LogP contribution in [0.5, 0.6) is 0 Å². The Bertz CT molecular complexity index is 607. The second-order valence-electron chi connectivity index (χ2n) is 6.48. The molecule has 1 aromatic rings. The van der Waals surface area contributed by atoms with E-state index >= 15 is 0 Å². The third kappa shape index (κ3) is 4.62. The van der Waals surface area contributed by atoms with Gasteiger partial charge in [-0.3, -0.25) is 9.59 Å². The van der Waals surface area contributed by atoms with Crippen molar-refractivity contribution in [2.75, 3.05) is 18.4 Å². The molecule has 7 heteroatoms. The highest BCUT2D eigenvalue weighted by Gasteiger charge is 2.33. The summed E-state index contributed by atoms with van der Waals surface area (Å²) in [7, 11) is 0. The molecular weight excluding hydrogens is 349 g/mol. The average Bonchev–Trinajstić information content (AvgIpc) is 2.89. The fourth-order valence-corrected chi connectivity index (χ4v) is 3.00. The highest BCUT2D eigenvalue weighted by atomic mass is 35.5. The molecule has 1 heterocycles. The lowest BCUT2D eigenvalue weighted by Crippen LogP contribution is -2.34. The number of carbonyl (C=O) groups excluding carboxylic acids is 2. The number of nitrogens with zero attached hydrogens (tertiary/aromatic N) is 1. The lowest BCUT2D eigenvalue weighted by Gasteiger charge is -2.22. The van der Waals surface area contributed by atoms with E-state index in [0.717, 1.165) is 6.42 Å². The summed E-state index contributed by atoms with van der Waals surface area (Å²) in [6.45, 7) is 6.87. The molecular formula is C17H25Cl2N3O2. The molecule has 1 aromatic carbocycles. The van der Waals surface area contributed by atoms with Crippen molar-refractivity contribution < 1.29 is 9.59 Å². The first-order chi connectivity index (χ1) is 10.8. The van der Waals surface area contributed by atoms with E-state index in [4.69, 9.17) is 17.3 Å². The fraction of sp³-hybridized carbons (Fsp3) is 0.529. The van der Waals surface area contributed by atoms with Crippen molar-refractivity contribution in [3.8, 4) is 0 Å². The Labute approximate surface area is 154 Å². The maximum atomic E-state index is 12.8. The molecule has 1 aliphatic rings. The van der Waals surface area contributed by atoms with Crippen LogP contribution in [0.15, 0.2) is 18.2 Å². The lowest BCUT2D eigenvalue weighted by atomic mass is 10.1. The summed E-state index contributed by atoms with van der Waals surface area (Å²) in [5.74, 6) is -0.00662. The van der Waals surface area contributed by atoms with Crippen molar-refractivity contribution in [1.29, 1.82) is 0 Å². The van der Waals surface area contributed by atoms with Gasteiger partial charge in [0.25, 0.3) is 5.91 Å². The van der Waals surface area contributed by atoms with Crippen LogP contribution in [0.3, 0.4) is 0 Å². The standard InChI is InChI=1S/C17H24ClN3O2.ClH/c1-10(2)16(22)20-13-4-5-15(18)14(7-13)17(23)21-9-12(8-19)6-11(21)3;/h4-5,7,10-12H,6,8-9,19H2,1-3H3,(H,20,22);1H. The van der Waals surface area contributed by atoms with Crippen molar-refractivity contribution in [2.24, 2.45) is 17.6 Å². The van der Waals surface area contributed by atoms with E-state index in [9.17, 15) is 9.59 Å². The maximum Gasteiger partial charge on any atom is 0.255 e. The monoisotopic (exact) mass is 373 g/mol. The Balaban J connectivity index is 0.00000288. The number of hydrogen-bond donors (Lipinski definition) is 2. The Hall–Kier alpha value is -1.30. The van der Waals surface area contributed by atoms with Gasteiger partial charge in [-0.05, 0) is 44.0 Å². The van der Waals surface area contributed by atoms with Crippen LogP contribution in [0.25, 0.3) is 0 Å². The van der Waals surface area contributed by atoms with Gasteiger partial charge >= 0.3 is 0 Å². The van der Waals surface area contributed by atoms with Gasteiger partial charge in [-0.2, -0.15) is 0 Å². The summed E-state index contributed by atoms with van der Waals surface area (Å²) in [4.78, 5) is 26.4. The van der Waals surface area contributed by atoms with Crippen molar-refractivity contribution >= 4 is 41.5 Å². The van der Waals surface area contributed by atoms with Crippen LogP contribution >= 0.6 is 24.0 Å². The molecule has 2 rings (SSSR count). The van der Waals surface area contributed by atoms with Crippen LogP contribution in [0.2, 0.25) is 5.02 Å². The first-order valence-electron chi connectivity index (χ1n) is 7.95. The minimum absolute atomic E-state index is 0. The molecule has 134 valence electrons. The van der Waals surface area contributed by atoms with Gasteiger partial charge in [-0.1, -0.05) is 25.4 Å². The first-order valence-corrected chi connectivity index (χ1v) is 8.32. The number of anilines is 1. The first kappa shape index (κ1) is 20.7. The van der Waals surface area contributed by atoms with E-state index in [2.05, 4.69) is 5.32 Å². The Kier molecular flexibility index (Phi) is 7.52. The molecule has 2 atom stereocenters. The Morgan fingerprint density at radius 3 is 2.62 bits per heavy atom. The molecule has 1 aliphatic heterocycles. The number of benzene rings is 1. The van der Waals surface area contributed by atoms with Crippen LogP contribution < -0.4 is 11.1 Å². The van der Waals surface area contributed by atoms with Crippen molar-refractivity contribution in [2.45, 2.75) is 33.2 Å². The molecule has 0 saturated carbocycles. The van der Waals surface area contributed by atoms with Gasteiger partial charge in [0.05, 0.1) is 10.6 Å². The number of halogens is 2. The van der Waals surface area contributed by atoms with Crippen molar-refractivity contribution in [3.63, 3.8) is 0 Å². The van der Waals surface area contributed by atoms with Gasteiger partial charge in [-0.15, -0.1) is 12.4 Å². The fourth-order valence-electron chi connectivity index (χ4n) is 2.80. The molecule has 2 amide bonds. The third-order valence-corrected chi connectivity index (χ3v) is 4.57. The van der Waals surface area contributed by atoms with Crippen molar-refractivity contribution in [1.82, 2.24) is 4.90 Å². The second kappa shape index (κ2) is 8.70. The zero-order chi connectivity index (χ0) is 17.1. The quantitative estimate of drug-likeness (QED) is 0.850. The minimum Gasteiger partial charge on any atom is -0.336 e. The molecule has 1 saturated heterocycles. The van der Waals surface area contributed by atoms with Gasteiger partial charge in [0.2, 0.25) is 5.91 Å². The molecule has 1 fully saturated rings. The number of carbonyl (C=O) groups is 2. The molecule has 0 aromatic heterocycles. The highest BCUT2D eigenvalue weighted by Crippen LogP contribution is 2.28. The summed E-state index contributed by atoms with van der Waals surface area (Å²) in [6, 6.07) is 5.13. The van der Waals surface area contributed by atoms with Crippen LogP contribution in [-0.4, -0.2) is 35.8 Å². The Morgan fingerprint density at radius 2 is 2.08 bits per heavy atom. The molecule has 0 bridgehead atoms. The number of nitrogens with two attached hydrogens (primary N) is 1. The molecule has 0 radical (unpaired) electrons. The molecule has 2 unspecified atom stereocenters. The topological polar surface area (TPSA) is 75.4 Å². The summed E-state index contributed by atoms with van der Waals surface area (Å²) < 4.78 is 0. The van der Waals surface area contributed by atoms with Crippen LogP contribution in [0.4, 0.5) is 5.69 Å². The van der Waals surface area contributed by atoms with Gasteiger partial charge in [0.15, 0.2) is 0 Å². The third-order valence-electron chi connectivity index (χ3n) is 4.24. The number of amides is 2. The summed E-state index contributed by atoms with van der Waals surface area (Å²) in [6.07, 6.45) is 0.906. The summed E-state index contributed by atoms with van der Waals surface area (Å²) in [5.41, 5.74) is 6.72. The highest BCUT2D eigenvalue weighted by molar-refractivity contribution is 6.34. The zero-order valence-corrected chi connectivity index (χ0v) is 15.8. The van der Waals surface area contributed by atoms with E-state index in [1.807, 2.05) is 25.7 Å². The van der Waals surface area contributed by atoms with Gasteiger partial charge < -0.3 is 16.0 Å². The second-order valence-corrected chi connectivity index (χ2v) is 6.89. The molecule has 0 aliphatic carbocycles. The molecule has 3 N–H and O–H groups in total. The summed E-state index contributed by atoms with van der Waals surface area (Å²) >= 11 is 6.20. The van der Waals surface area contributed by atoms with Crippen LogP contribution in [-0.2, 0) is 4.79 Å². The molecule has 5 nitrogen and oxygen atoms in total. The zero-order valence-electron chi connectivity index (χ0n) is 14.2. The minimum atomic E-state index is -0.131. The van der Waals surface area contributed by atoms with E-state index < -0.39 is 0 Å². The van der Waals surface area contributed by atoms with E-state index in [0.29, 0.717) is 35.3 Å². The van der Waals surface area contributed by atoms with Gasteiger partial charge in [0.1, 0.15) is 0 Å². The molecule has 24 heavy (non-hydrogen) atoms. The lowest BCUT2D eigenvalue weighted by molar-refractivity contribution is -0.118. The normalized spacial score (nSPS) is 20.0. The Morgan fingerprint density at radius 1 is 1.42 bits per heavy atom.